The predicted molar refractivity (Wildman–Crippen MR) is 89.4 cm³/mol. The number of allylic oxidation sites excluding steroid dienone is 2. The molecule has 1 atom stereocenters. The maximum atomic E-state index is 9.54. The largest absolute Gasteiger partial charge is 0.410 e. The fourth-order valence-electron chi connectivity index (χ4n) is 2.17. The highest BCUT2D eigenvalue weighted by atomic mass is 32.2. The third kappa shape index (κ3) is 3.48. The number of hydroxylamine groups is 2. The molecule has 0 spiro atoms. The Morgan fingerprint density at radius 1 is 1.31 bits per heavy atom. The van der Waals surface area contributed by atoms with E-state index in [1.54, 1.807) is 30.9 Å². The minimum absolute atomic E-state index is 0.163. The summed E-state index contributed by atoms with van der Waals surface area (Å²) in [6.07, 6.45) is 9.78. The molecular weight excluding hydrogens is 358 g/mol. The highest BCUT2D eigenvalue weighted by molar-refractivity contribution is 7.98. The molecule has 0 saturated carbocycles. The standard InChI is InChI=1S/C15H13N7O3S/c1-9-6-10(2-5-22(9)23)13-18-12(25-21-13)8-26-15-20-19-14(24-15)11-7-16-3-4-17-11/h2-7,9,23H,8H2,1H3. The maximum absolute atomic E-state index is 9.54. The van der Waals surface area contributed by atoms with Gasteiger partial charge in [0.2, 0.25) is 11.7 Å². The normalized spacial score (nSPS) is 16.8. The lowest BCUT2D eigenvalue weighted by Crippen LogP contribution is -2.24. The topological polar surface area (TPSA) is 127 Å². The Kier molecular flexibility index (Phi) is 4.46. The molecule has 132 valence electrons. The van der Waals surface area contributed by atoms with Crippen LogP contribution in [0.1, 0.15) is 18.6 Å². The molecule has 1 N–H and O–H groups in total. The summed E-state index contributed by atoms with van der Waals surface area (Å²) in [5.41, 5.74) is 1.29. The van der Waals surface area contributed by atoms with Crippen LogP contribution in [0, 0.1) is 0 Å². The van der Waals surface area contributed by atoms with Crippen LogP contribution >= 0.6 is 11.8 Å². The molecule has 10 nitrogen and oxygen atoms in total. The maximum Gasteiger partial charge on any atom is 0.277 e. The first-order valence-electron chi connectivity index (χ1n) is 7.62. The lowest BCUT2D eigenvalue weighted by molar-refractivity contribution is -0.0599. The van der Waals surface area contributed by atoms with Crippen molar-refractivity contribution in [1.29, 1.82) is 0 Å². The molecule has 0 saturated heterocycles. The molecule has 1 unspecified atom stereocenters. The van der Waals surface area contributed by atoms with Crippen LogP contribution in [0.4, 0.5) is 0 Å². The number of nitrogens with zero attached hydrogens (tertiary/aromatic N) is 7. The zero-order chi connectivity index (χ0) is 17.9. The van der Waals surface area contributed by atoms with Crippen LogP contribution in [0.15, 0.2) is 51.1 Å². The Morgan fingerprint density at radius 3 is 3.04 bits per heavy atom. The fraction of sp³-hybridized carbons (Fsp3) is 0.200. The summed E-state index contributed by atoms with van der Waals surface area (Å²) >= 11 is 1.28. The lowest BCUT2D eigenvalue weighted by atomic mass is 10.1. The molecule has 4 heterocycles. The molecule has 1 aliphatic rings. The van der Waals surface area contributed by atoms with Gasteiger partial charge in [-0.2, -0.15) is 4.98 Å². The summed E-state index contributed by atoms with van der Waals surface area (Å²) in [6.45, 7) is 1.85. The molecule has 0 fully saturated rings. The Morgan fingerprint density at radius 2 is 2.23 bits per heavy atom. The molecular formula is C15H13N7O3S. The molecule has 0 aliphatic carbocycles. The molecule has 3 aromatic rings. The molecule has 4 rings (SSSR count). The number of hydrogen-bond donors (Lipinski definition) is 1. The van der Waals surface area contributed by atoms with Crippen molar-refractivity contribution in [1.82, 2.24) is 35.4 Å². The van der Waals surface area contributed by atoms with Gasteiger partial charge in [0.25, 0.3) is 11.1 Å². The number of aromatic nitrogens is 6. The van der Waals surface area contributed by atoms with Crippen molar-refractivity contribution in [2.75, 3.05) is 0 Å². The van der Waals surface area contributed by atoms with Crippen molar-refractivity contribution < 1.29 is 14.1 Å². The van der Waals surface area contributed by atoms with Gasteiger partial charge in [-0.25, -0.2) is 4.98 Å². The molecule has 26 heavy (non-hydrogen) atoms. The third-order valence-electron chi connectivity index (χ3n) is 3.48. The van der Waals surface area contributed by atoms with Gasteiger partial charge in [0.15, 0.2) is 0 Å². The zero-order valence-electron chi connectivity index (χ0n) is 13.6. The van der Waals surface area contributed by atoms with E-state index in [0.29, 0.717) is 34.3 Å². The Balaban J connectivity index is 1.41. The molecule has 0 radical (unpaired) electrons. The van der Waals surface area contributed by atoms with Crippen molar-refractivity contribution in [3.63, 3.8) is 0 Å². The van der Waals surface area contributed by atoms with E-state index in [-0.39, 0.29) is 6.04 Å². The molecule has 0 aromatic carbocycles. The van der Waals surface area contributed by atoms with Crippen LogP contribution in [0.25, 0.3) is 17.2 Å². The summed E-state index contributed by atoms with van der Waals surface area (Å²) < 4.78 is 10.8. The van der Waals surface area contributed by atoms with Crippen LogP contribution < -0.4 is 0 Å². The van der Waals surface area contributed by atoms with Crippen molar-refractivity contribution in [2.24, 2.45) is 0 Å². The van der Waals surface area contributed by atoms with Gasteiger partial charge in [-0.3, -0.25) is 15.3 Å². The van der Waals surface area contributed by atoms with Crippen LogP contribution in [-0.4, -0.2) is 46.6 Å². The van der Waals surface area contributed by atoms with Gasteiger partial charge in [0, 0.05) is 24.2 Å². The predicted octanol–water partition coefficient (Wildman–Crippen LogP) is 2.19. The van der Waals surface area contributed by atoms with Crippen molar-refractivity contribution in [3.05, 3.63) is 48.7 Å². The van der Waals surface area contributed by atoms with Crippen molar-refractivity contribution in [3.8, 4) is 11.6 Å². The van der Waals surface area contributed by atoms with Gasteiger partial charge in [-0.15, -0.1) is 10.2 Å². The smallest absolute Gasteiger partial charge is 0.277 e. The molecule has 0 amide bonds. The molecule has 11 heteroatoms. The van der Waals surface area contributed by atoms with E-state index >= 15 is 0 Å². The lowest BCUT2D eigenvalue weighted by Gasteiger charge is -2.21. The average Bonchev–Trinajstić information content (AvgIpc) is 3.32. The van der Waals surface area contributed by atoms with Gasteiger partial charge in [0.05, 0.1) is 18.0 Å². The first-order valence-corrected chi connectivity index (χ1v) is 8.60. The Bertz CT molecular complexity index is 953. The monoisotopic (exact) mass is 371 g/mol. The first kappa shape index (κ1) is 16.4. The minimum Gasteiger partial charge on any atom is -0.410 e. The highest BCUT2D eigenvalue weighted by Crippen LogP contribution is 2.25. The van der Waals surface area contributed by atoms with Gasteiger partial charge in [-0.1, -0.05) is 16.9 Å². The van der Waals surface area contributed by atoms with Gasteiger partial charge in [-0.05, 0) is 19.1 Å². The number of rotatable bonds is 5. The van der Waals surface area contributed by atoms with Crippen LogP contribution in [0.5, 0.6) is 0 Å². The van der Waals surface area contributed by atoms with E-state index in [0.717, 1.165) is 10.6 Å². The van der Waals surface area contributed by atoms with Gasteiger partial charge < -0.3 is 8.94 Å². The van der Waals surface area contributed by atoms with Crippen molar-refractivity contribution >= 4 is 17.3 Å². The van der Waals surface area contributed by atoms with Gasteiger partial charge >= 0.3 is 0 Å². The van der Waals surface area contributed by atoms with E-state index in [1.165, 1.54) is 11.8 Å². The minimum atomic E-state index is -0.163. The third-order valence-corrected chi connectivity index (χ3v) is 4.28. The van der Waals surface area contributed by atoms with Crippen LogP contribution in [0.3, 0.4) is 0 Å². The highest BCUT2D eigenvalue weighted by Gasteiger charge is 2.17. The summed E-state index contributed by atoms with van der Waals surface area (Å²) in [6, 6.07) is -0.163. The van der Waals surface area contributed by atoms with E-state index in [9.17, 15) is 5.21 Å². The van der Waals surface area contributed by atoms with E-state index < -0.39 is 0 Å². The van der Waals surface area contributed by atoms with Crippen LogP contribution in [-0.2, 0) is 5.75 Å². The summed E-state index contributed by atoms with van der Waals surface area (Å²) in [4.78, 5) is 12.4. The summed E-state index contributed by atoms with van der Waals surface area (Å²) in [7, 11) is 0. The second-order valence-electron chi connectivity index (χ2n) is 5.32. The van der Waals surface area contributed by atoms with E-state index in [1.807, 2.05) is 13.0 Å². The summed E-state index contributed by atoms with van der Waals surface area (Å²) in [5, 5.41) is 22.9. The summed E-state index contributed by atoms with van der Waals surface area (Å²) in [5.74, 6) is 1.57. The van der Waals surface area contributed by atoms with Crippen LogP contribution in [0.2, 0.25) is 0 Å². The number of hydrogen-bond acceptors (Lipinski definition) is 11. The first-order chi connectivity index (χ1) is 12.7. The van der Waals surface area contributed by atoms with Gasteiger partial charge in [0.1, 0.15) is 5.69 Å². The Hall–Kier alpha value is -3.05. The van der Waals surface area contributed by atoms with E-state index in [4.69, 9.17) is 8.94 Å². The fourth-order valence-corrected chi connectivity index (χ4v) is 2.77. The second-order valence-corrected chi connectivity index (χ2v) is 6.25. The zero-order valence-corrected chi connectivity index (χ0v) is 14.4. The quantitative estimate of drug-likeness (QED) is 0.663. The number of thioether (sulfide) groups is 1. The molecule has 0 bridgehead atoms. The molecule has 3 aromatic heterocycles. The SMILES string of the molecule is CC1C=C(c2noc(CSc3nnc(-c4cnccn4)o3)n2)C=CN1O. The second kappa shape index (κ2) is 7.06. The average molecular weight is 371 g/mol. The van der Waals surface area contributed by atoms with E-state index in [2.05, 4.69) is 30.3 Å². The molecule has 1 aliphatic heterocycles. The Labute approximate surface area is 151 Å². The van der Waals surface area contributed by atoms with Crippen molar-refractivity contribution in [2.45, 2.75) is 23.9 Å².